The van der Waals surface area contributed by atoms with Gasteiger partial charge in [-0.15, -0.1) is 0 Å². The Balaban J connectivity index is 3.37. The molecule has 0 aliphatic heterocycles. The lowest BCUT2D eigenvalue weighted by Gasteiger charge is -2.12. The van der Waals surface area contributed by atoms with Gasteiger partial charge in [0, 0.05) is 5.56 Å². The zero-order chi connectivity index (χ0) is 12.5. The van der Waals surface area contributed by atoms with E-state index in [0.29, 0.717) is 6.07 Å². The van der Waals surface area contributed by atoms with Gasteiger partial charge in [-0.3, -0.25) is 0 Å². The van der Waals surface area contributed by atoms with Gasteiger partial charge in [-0.05, 0) is 28.7 Å². The maximum atomic E-state index is 12.4. The molecule has 0 fully saturated rings. The van der Waals surface area contributed by atoms with Crippen molar-refractivity contribution >= 4 is 22.6 Å². The van der Waals surface area contributed by atoms with E-state index in [2.05, 4.69) is 4.98 Å². The number of aliphatic hydroxyl groups is 1. The highest BCUT2D eigenvalue weighted by Crippen LogP contribution is 2.34. The summed E-state index contributed by atoms with van der Waals surface area (Å²) >= 11 is 1.23. The molecule has 0 unspecified atom stereocenters. The number of aromatic nitrogens is 1. The van der Waals surface area contributed by atoms with Crippen LogP contribution in [0.25, 0.3) is 0 Å². The SMILES string of the molecule is OCc1cc(C(F)(F)F)c(I)nc1C(F)F. The first-order valence-electron chi connectivity index (χ1n) is 3.93. The van der Waals surface area contributed by atoms with Crippen LogP contribution in [0.4, 0.5) is 22.0 Å². The number of pyridine rings is 1. The fourth-order valence-electron chi connectivity index (χ4n) is 1.06. The monoisotopic (exact) mass is 353 g/mol. The predicted octanol–water partition coefficient (Wildman–Crippen LogP) is 3.13. The van der Waals surface area contributed by atoms with Gasteiger partial charge in [0.25, 0.3) is 6.43 Å². The van der Waals surface area contributed by atoms with Gasteiger partial charge in [-0.2, -0.15) is 13.2 Å². The fraction of sp³-hybridized carbons (Fsp3) is 0.375. The van der Waals surface area contributed by atoms with Crippen LogP contribution in [0, 0.1) is 3.70 Å². The van der Waals surface area contributed by atoms with Gasteiger partial charge in [0.15, 0.2) is 0 Å². The molecule has 0 aromatic carbocycles. The maximum absolute atomic E-state index is 12.4. The molecule has 8 heteroatoms. The molecule has 0 aliphatic carbocycles. The quantitative estimate of drug-likeness (QED) is 0.504. The van der Waals surface area contributed by atoms with Crippen LogP contribution in [0.15, 0.2) is 6.07 Å². The zero-order valence-electron chi connectivity index (χ0n) is 7.52. The van der Waals surface area contributed by atoms with Gasteiger partial charge in [0.05, 0.1) is 12.2 Å². The van der Waals surface area contributed by atoms with Crippen LogP contribution in [0.2, 0.25) is 0 Å². The molecule has 0 saturated heterocycles. The standard InChI is InChI=1S/C8H5F5INO/c9-6(10)5-3(2-16)1-4(7(14)15-5)8(11,12)13/h1,6,16H,2H2. The summed E-state index contributed by atoms with van der Waals surface area (Å²) in [6, 6.07) is 0.496. The summed E-state index contributed by atoms with van der Waals surface area (Å²) < 4.78 is 61.3. The van der Waals surface area contributed by atoms with Crippen molar-refractivity contribution in [1.82, 2.24) is 4.98 Å². The van der Waals surface area contributed by atoms with E-state index in [1.165, 1.54) is 22.6 Å². The highest BCUT2D eigenvalue weighted by atomic mass is 127. The molecule has 0 atom stereocenters. The third-order valence-electron chi connectivity index (χ3n) is 1.77. The molecule has 0 radical (unpaired) electrons. The molecule has 0 amide bonds. The largest absolute Gasteiger partial charge is 0.418 e. The van der Waals surface area contributed by atoms with E-state index >= 15 is 0 Å². The zero-order valence-corrected chi connectivity index (χ0v) is 9.68. The number of aliphatic hydroxyl groups excluding tert-OH is 1. The van der Waals surface area contributed by atoms with Crippen molar-refractivity contribution in [1.29, 1.82) is 0 Å². The molecule has 0 saturated carbocycles. The first-order chi connectivity index (χ1) is 7.27. The lowest BCUT2D eigenvalue weighted by molar-refractivity contribution is -0.138. The number of alkyl halides is 5. The molecule has 0 spiro atoms. The van der Waals surface area contributed by atoms with Crippen molar-refractivity contribution < 1.29 is 27.1 Å². The normalized spacial score (nSPS) is 12.2. The highest BCUT2D eigenvalue weighted by Gasteiger charge is 2.35. The summed E-state index contributed by atoms with van der Waals surface area (Å²) in [6.07, 6.45) is -7.69. The van der Waals surface area contributed by atoms with Gasteiger partial charge in [0.1, 0.15) is 9.39 Å². The number of halogens is 6. The summed E-state index contributed by atoms with van der Waals surface area (Å²) in [5.74, 6) is 0. The Labute approximate surface area is 101 Å². The maximum Gasteiger partial charge on any atom is 0.418 e. The molecule has 1 heterocycles. The van der Waals surface area contributed by atoms with Crippen molar-refractivity contribution in [3.63, 3.8) is 0 Å². The van der Waals surface area contributed by atoms with Gasteiger partial charge in [0.2, 0.25) is 0 Å². The summed E-state index contributed by atoms with van der Waals surface area (Å²) in [5, 5.41) is 8.71. The summed E-state index contributed by atoms with van der Waals surface area (Å²) in [6.45, 7) is -0.910. The molecule has 0 aliphatic rings. The minimum absolute atomic E-state index is 0.496. The van der Waals surface area contributed by atoms with E-state index in [0.717, 1.165) is 0 Å². The van der Waals surface area contributed by atoms with E-state index in [-0.39, 0.29) is 0 Å². The fourth-order valence-corrected chi connectivity index (χ4v) is 1.78. The van der Waals surface area contributed by atoms with Crippen molar-refractivity contribution in [3.05, 3.63) is 26.6 Å². The number of nitrogens with zero attached hydrogens (tertiary/aromatic N) is 1. The van der Waals surface area contributed by atoms with E-state index in [4.69, 9.17) is 5.11 Å². The third kappa shape index (κ3) is 2.78. The molecule has 16 heavy (non-hydrogen) atoms. The van der Waals surface area contributed by atoms with Crippen molar-refractivity contribution in [2.45, 2.75) is 19.2 Å². The predicted molar refractivity (Wildman–Crippen MR) is 52.8 cm³/mol. The molecule has 1 rings (SSSR count). The Morgan fingerprint density at radius 3 is 2.31 bits per heavy atom. The lowest BCUT2D eigenvalue weighted by Crippen LogP contribution is -2.12. The molecule has 1 N–H and O–H groups in total. The Hall–Kier alpha value is -0.510. The van der Waals surface area contributed by atoms with Crippen LogP contribution in [0.3, 0.4) is 0 Å². The molecule has 1 aromatic heterocycles. The Morgan fingerprint density at radius 2 is 1.94 bits per heavy atom. The molecular formula is C8H5F5INO. The van der Waals surface area contributed by atoms with Crippen LogP contribution in [-0.4, -0.2) is 10.1 Å². The second-order valence-corrected chi connectivity index (χ2v) is 3.85. The number of rotatable bonds is 2. The van der Waals surface area contributed by atoms with Gasteiger partial charge < -0.3 is 5.11 Å². The minimum Gasteiger partial charge on any atom is -0.392 e. The van der Waals surface area contributed by atoms with E-state index < -0.39 is 39.7 Å². The van der Waals surface area contributed by atoms with Crippen molar-refractivity contribution in [3.8, 4) is 0 Å². The average molecular weight is 353 g/mol. The van der Waals surface area contributed by atoms with Crippen LogP contribution in [0.5, 0.6) is 0 Å². The third-order valence-corrected chi connectivity index (χ3v) is 2.59. The summed E-state index contributed by atoms with van der Waals surface area (Å²) in [5.41, 5.74) is -2.45. The smallest absolute Gasteiger partial charge is 0.392 e. The molecule has 1 aromatic rings. The second-order valence-electron chi connectivity index (χ2n) is 2.83. The van der Waals surface area contributed by atoms with E-state index in [9.17, 15) is 22.0 Å². The van der Waals surface area contributed by atoms with Gasteiger partial charge in [-0.25, -0.2) is 13.8 Å². The second kappa shape index (κ2) is 4.78. The molecule has 0 bridgehead atoms. The summed E-state index contributed by atoms with van der Waals surface area (Å²) in [4.78, 5) is 3.17. The lowest BCUT2D eigenvalue weighted by atomic mass is 10.1. The average Bonchev–Trinajstić information content (AvgIpc) is 2.15. The van der Waals surface area contributed by atoms with Crippen molar-refractivity contribution in [2.24, 2.45) is 0 Å². The van der Waals surface area contributed by atoms with Crippen LogP contribution >= 0.6 is 22.6 Å². The molecule has 90 valence electrons. The van der Waals surface area contributed by atoms with E-state index in [1.54, 1.807) is 0 Å². The summed E-state index contributed by atoms with van der Waals surface area (Å²) in [7, 11) is 0. The number of hydrogen-bond acceptors (Lipinski definition) is 2. The topological polar surface area (TPSA) is 33.1 Å². The Bertz CT molecular complexity index is 393. The van der Waals surface area contributed by atoms with E-state index in [1.807, 2.05) is 0 Å². The first-order valence-corrected chi connectivity index (χ1v) is 5.00. The minimum atomic E-state index is -4.67. The Morgan fingerprint density at radius 1 is 1.38 bits per heavy atom. The van der Waals surface area contributed by atoms with Crippen molar-refractivity contribution in [2.75, 3.05) is 0 Å². The first kappa shape index (κ1) is 13.6. The van der Waals surface area contributed by atoms with Crippen LogP contribution < -0.4 is 0 Å². The van der Waals surface area contributed by atoms with Crippen LogP contribution in [0.1, 0.15) is 23.2 Å². The molecular weight excluding hydrogens is 348 g/mol. The van der Waals surface area contributed by atoms with Gasteiger partial charge in [-0.1, -0.05) is 0 Å². The van der Waals surface area contributed by atoms with Gasteiger partial charge >= 0.3 is 6.18 Å². The molecule has 2 nitrogen and oxygen atoms in total. The highest BCUT2D eigenvalue weighted by molar-refractivity contribution is 14.1. The van der Waals surface area contributed by atoms with Crippen LogP contribution in [-0.2, 0) is 12.8 Å². The Kier molecular flexibility index (Phi) is 4.05. The number of hydrogen-bond donors (Lipinski definition) is 1.